The summed E-state index contributed by atoms with van der Waals surface area (Å²) < 4.78 is 4.75. The predicted molar refractivity (Wildman–Crippen MR) is 41.3 cm³/mol. The lowest BCUT2D eigenvalue weighted by molar-refractivity contribution is -0.136. The van der Waals surface area contributed by atoms with Crippen molar-refractivity contribution in [3.8, 4) is 0 Å². The first-order valence-electron chi connectivity index (χ1n) is 3.44. The van der Waals surface area contributed by atoms with Crippen LogP contribution in [0.25, 0.3) is 0 Å². The molecule has 0 radical (unpaired) electrons. The fraction of sp³-hybridized carbons (Fsp3) is 0.571. The fourth-order valence-electron chi connectivity index (χ4n) is 0.485. The average Bonchev–Trinajstić information content (AvgIpc) is 1.97. The molecule has 0 aromatic carbocycles. The number of hydrogen-bond acceptors (Lipinski definition) is 3. The monoisotopic (exact) mass is 159 g/mol. The Morgan fingerprint density at radius 2 is 2.36 bits per heavy atom. The lowest BCUT2D eigenvalue weighted by atomic mass is 10.5. The first kappa shape index (κ1) is 9.97. The molecule has 0 fully saturated rings. The van der Waals surface area contributed by atoms with Crippen LogP contribution in [0, 0.1) is 0 Å². The van der Waals surface area contributed by atoms with Crippen LogP contribution in [0.1, 0.15) is 6.92 Å². The molecule has 0 amide bonds. The summed E-state index contributed by atoms with van der Waals surface area (Å²) in [6, 6.07) is 0. The van der Waals surface area contributed by atoms with Gasteiger partial charge >= 0.3 is 5.97 Å². The van der Waals surface area contributed by atoms with E-state index in [1.54, 1.807) is 0 Å². The summed E-state index contributed by atoms with van der Waals surface area (Å²) in [6.45, 7) is 7.00. The molecule has 11 heavy (non-hydrogen) atoms. The van der Waals surface area contributed by atoms with E-state index >= 15 is 0 Å². The van der Waals surface area contributed by atoms with Crippen molar-refractivity contribution < 1.29 is 14.6 Å². The number of likely N-dealkylation sites (N-methyl/N-ethyl adjacent to an activating group) is 1. The van der Waals surface area contributed by atoms with Gasteiger partial charge in [0, 0.05) is 6.54 Å². The van der Waals surface area contributed by atoms with Gasteiger partial charge in [-0.1, -0.05) is 6.92 Å². The maximum absolute atomic E-state index is 10.1. The van der Waals surface area contributed by atoms with Gasteiger partial charge in [0.25, 0.3) is 0 Å². The third-order valence-electron chi connectivity index (χ3n) is 1.04. The molecule has 0 saturated carbocycles. The summed E-state index contributed by atoms with van der Waals surface area (Å²) in [4.78, 5) is 10.1. The van der Waals surface area contributed by atoms with Crippen LogP contribution in [-0.4, -0.2) is 30.8 Å². The molecule has 0 aliphatic heterocycles. The van der Waals surface area contributed by atoms with Gasteiger partial charge in [-0.25, -0.2) is 4.79 Å². The minimum atomic E-state index is -1.11. The molecule has 4 heteroatoms. The van der Waals surface area contributed by atoms with Crippen LogP contribution in [0.3, 0.4) is 0 Å². The molecular formula is C7H13NO3. The molecule has 0 aromatic heterocycles. The first-order valence-corrected chi connectivity index (χ1v) is 3.44. The normalized spacial score (nSPS) is 9.18. The van der Waals surface area contributed by atoms with E-state index in [2.05, 4.69) is 11.9 Å². The highest BCUT2D eigenvalue weighted by atomic mass is 16.5. The summed E-state index contributed by atoms with van der Waals surface area (Å²) in [5.74, 6) is -1.32. The molecule has 2 N–H and O–H groups in total. The molecule has 0 aliphatic carbocycles. The number of carboxylic acid groups (broad SMARTS) is 1. The van der Waals surface area contributed by atoms with Crippen LogP contribution in [0.2, 0.25) is 0 Å². The summed E-state index contributed by atoms with van der Waals surface area (Å²) in [7, 11) is 0. The largest absolute Gasteiger partial charge is 0.486 e. The second-order valence-corrected chi connectivity index (χ2v) is 1.93. The number of carboxylic acids is 1. The van der Waals surface area contributed by atoms with Crippen LogP contribution in [-0.2, 0) is 9.53 Å². The van der Waals surface area contributed by atoms with E-state index in [1.807, 2.05) is 6.92 Å². The molecule has 64 valence electrons. The van der Waals surface area contributed by atoms with Gasteiger partial charge in [-0.05, 0) is 13.1 Å². The standard InChI is InChI=1S/C7H13NO3/c1-3-8-4-5-11-6(2)7(9)10/h8H,2-5H2,1H3,(H,9,10). The second-order valence-electron chi connectivity index (χ2n) is 1.93. The summed E-state index contributed by atoms with van der Waals surface area (Å²) in [5.41, 5.74) is 0. The number of hydrogen-bond donors (Lipinski definition) is 2. The van der Waals surface area contributed by atoms with Gasteiger partial charge in [-0.2, -0.15) is 0 Å². The third-order valence-corrected chi connectivity index (χ3v) is 1.04. The highest BCUT2D eigenvalue weighted by molar-refractivity contribution is 5.83. The number of ether oxygens (including phenoxy) is 1. The molecule has 0 aromatic rings. The topological polar surface area (TPSA) is 58.6 Å². The summed E-state index contributed by atoms with van der Waals surface area (Å²) in [5, 5.41) is 11.3. The Bertz CT molecular complexity index is 145. The second kappa shape index (κ2) is 5.73. The lowest BCUT2D eigenvalue weighted by Crippen LogP contribution is -2.19. The minimum Gasteiger partial charge on any atom is -0.486 e. The maximum atomic E-state index is 10.1. The third kappa shape index (κ3) is 5.42. The molecular weight excluding hydrogens is 146 g/mol. The van der Waals surface area contributed by atoms with Crippen LogP contribution in [0.15, 0.2) is 12.3 Å². The molecule has 4 nitrogen and oxygen atoms in total. The van der Waals surface area contributed by atoms with E-state index in [0.717, 1.165) is 6.54 Å². The highest BCUT2D eigenvalue weighted by Crippen LogP contribution is 1.90. The van der Waals surface area contributed by atoms with E-state index in [0.29, 0.717) is 13.2 Å². The van der Waals surface area contributed by atoms with Crippen LogP contribution < -0.4 is 5.32 Å². The van der Waals surface area contributed by atoms with E-state index < -0.39 is 5.97 Å². The van der Waals surface area contributed by atoms with Gasteiger partial charge in [0.15, 0.2) is 5.76 Å². The van der Waals surface area contributed by atoms with Crippen LogP contribution >= 0.6 is 0 Å². The molecule has 0 rings (SSSR count). The number of aliphatic carboxylic acids is 1. The van der Waals surface area contributed by atoms with Crippen molar-refractivity contribution >= 4 is 5.97 Å². The van der Waals surface area contributed by atoms with Crippen molar-refractivity contribution in [1.82, 2.24) is 5.32 Å². The Kier molecular flexibility index (Phi) is 5.20. The Morgan fingerprint density at radius 1 is 1.73 bits per heavy atom. The zero-order chi connectivity index (χ0) is 8.69. The Labute approximate surface area is 65.9 Å². The van der Waals surface area contributed by atoms with Crippen molar-refractivity contribution in [2.75, 3.05) is 19.7 Å². The zero-order valence-electron chi connectivity index (χ0n) is 6.59. The minimum absolute atomic E-state index is 0.206. The summed E-state index contributed by atoms with van der Waals surface area (Å²) in [6.07, 6.45) is 0. The quantitative estimate of drug-likeness (QED) is 0.330. The molecule has 0 heterocycles. The van der Waals surface area contributed by atoms with Crippen molar-refractivity contribution in [1.29, 1.82) is 0 Å². The average molecular weight is 159 g/mol. The summed E-state index contributed by atoms with van der Waals surface area (Å²) >= 11 is 0. The predicted octanol–water partition coefficient (Wildman–Crippen LogP) is 0.211. The number of rotatable bonds is 6. The SMILES string of the molecule is C=C(OCCNCC)C(=O)O. The smallest absolute Gasteiger partial charge is 0.370 e. The van der Waals surface area contributed by atoms with Gasteiger partial charge in [-0.15, -0.1) is 0 Å². The Hall–Kier alpha value is -1.03. The first-order chi connectivity index (χ1) is 5.18. The number of carbonyl (C=O) groups is 1. The lowest BCUT2D eigenvalue weighted by Gasteiger charge is -2.04. The van der Waals surface area contributed by atoms with Gasteiger partial charge in [0.1, 0.15) is 6.61 Å². The van der Waals surface area contributed by atoms with E-state index in [-0.39, 0.29) is 5.76 Å². The van der Waals surface area contributed by atoms with Crippen molar-refractivity contribution in [3.05, 3.63) is 12.3 Å². The maximum Gasteiger partial charge on any atom is 0.370 e. The van der Waals surface area contributed by atoms with E-state index in [1.165, 1.54) is 0 Å². The van der Waals surface area contributed by atoms with Crippen LogP contribution in [0.4, 0.5) is 0 Å². The van der Waals surface area contributed by atoms with Crippen molar-refractivity contribution in [2.45, 2.75) is 6.92 Å². The molecule has 0 bridgehead atoms. The van der Waals surface area contributed by atoms with Gasteiger partial charge in [0.2, 0.25) is 0 Å². The molecule has 0 aliphatic rings. The van der Waals surface area contributed by atoms with Crippen molar-refractivity contribution in [3.63, 3.8) is 0 Å². The molecule has 0 atom stereocenters. The molecule has 0 saturated heterocycles. The van der Waals surface area contributed by atoms with E-state index in [9.17, 15) is 4.79 Å². The Balaban J connectivity index is 3.25. The highest BCUT2D eigenvalue weighted by Gasteiger charge is 2.02. The van der Waals surface area contributed by atoms with Gasteiger partial charge in [-0.3, -0.25) is 0 Å². The Morgan fingerprint density at radius 3 is 2.82 bits per heavy atom. The van der Waals surface area contributed by atoms with E-state index in [4.69, 9.17) is 9.84 Å². The van der Waals surface area contributed by atoms with Gasteiger partial charge < -0.3 is 15.2 Å². The van der Waals surface area contributed by atoms with Gasteiger partial charge in [0.05, 0.1) is 0 Å². The van der Waals surface area contributed by atoms with Crippen LogP contribution in [0.5, 0.6) is 0 Å². The number of nitrogens with one attached hydrogen (secondary N) is 1. The zero-order valence-corrected chi connectivity index (χ0v) is 6.59. The molecule has 0 spiro atoms. The van der Waals surface area contributed by atoms with Crippen molar-refractivity contribution in [2.24, 2.45) is 0 Å². The molecule has 0 unspecified atom stereocenters. The fourth-order valence-corrected chi connectivity index (χ4v) is 0.485.